The number of amides is 1. The minimum atomic E-state index is -3.09. The van der Waals surface area contributed by atoms with Crippen LogP contribution in [0.3, 0.4) is 0 Å². The molecule has 0 spiro atoms. The van der Waals surface area contributed by atoms with Crippen LogP contribution in [0.25, 0.3) is 0 Å². The Morgan fingerprint density at radius 1 is 1.40 bits per heavy atom. The van der Waals surface area contributed by atoms with Gasteiger partial charge < -0.3 is 4.74 Å². The van der Waals surface area contributed by atoms with Crippen LogP contribution in [0, 0.1) is 0 Å². The number of nitrogens with zero attached hydrogens (tertiary/aromatic N) is 1. The van der Waals surface area contributed by atoms with Crippen molar-refractivity contribution in [2.24, 2.45) is 0 Å². The second-order valence-corrected chi connectivity index (χ2v) is 6.67. The minimum absolute atomic E-state index is 0.0418. The lowest BCUT2D eigenvalue weighted by molar-refractivity contribution is -0.0597. The maximum absolute atomic E-state index is 14.2. The van der Waals surface area contributed by atoms with Crippen molar-refractivity contribution in [3.63, 3.8) is 0 Å². The van der Waals surface area contributed by atoms with E-state index in [2.05, 4.69) is 15.9 Å². The molecule has 1 amide bonds. The molecule has 0 N–H and O–H groups in total. The molecule has 0 aromatic heterocycles. The zero-order chi connectivity index (χ0) is 15.1. The summed E-state index contributed by atoms with van der Waals surface area (Å²) in [5.74, 6) is -3.09. The van der Waals surface area contributed by atoms with Crippen LogP contribution in [0.5, 0.6) is 0 Å². The van der Waals surface area contributed by atoms with Crippen molar-refractivity contribution in [3.05, 3.63) is 33.8 Å². The zero-order valence-corrected chi connectivity index (χ0v) is 13.1. The summed E-state index contributed by atoms with van der Waals surface area (Å²) in [5, 5.41) is 0. The van der Waals surface area contributed by atoms with Crippen molar-refractivity contribution in [3.8, 4) is 0 Å². The van der Waals surface area contributed by atoms with E-state index in [0.717, 1.165) is 4.90 Å². The molecule has 20 heavy (non-hydrogen) atoms. The molecule has 0 atom stereocenters. The summed E-state index contributed by atoms with van der Waals surface area (Å²) in [5.41, 5.74) is -0.314. The van der Waals surface area contributed by atoms with Gasteiger partial charge in [0.15, 0.2) is 0 Å². The molecule has 0 unspecified atom stereocenters. The molecule has 2 rings (SSSR count). The van der Waals surface area contributed by atoms with Crippen LogP contribution in [0.1, 0.15) is 31.9 Å². The number of ether oxygens (including phenoxy) is 1. The number of hydrogen-bond donors (Lipinski definition) is 0. The fraction of sp³-hybridized carbons (Fsp3) is 0.500. The quantitative estimate of drug-likeness (QED) is 0.700. The molecule has 0 saturated carbocycles. The van der Waals surface area contributed by atoms with Gasteiger partial charge in [-0.1, -0.05) is 28.1 Å². The Kier molecular flexibility index (Phi) is 3.79. The first-order valence-electron chi connectivity index (χ1n) is 6.24. The van der Waals surface area contributed by atoms with Crippen molar-refractivity contribution < 1.29 is 18.3 Å². The molecule has 0 bridgehead atoms. The van der Waals surface area contributed by atoms with E-state index >= 15 is 0 Å². The van der Waals surface area contributed by atoms with E-state index < -0.39 is 24.2 Å². The molecule has 0 radical (unpaired) electrons. The highest BCUT2D eigenvalue weighted by Gasteiger charge is 2.44. The van der Waals surface area contributed by atoms with Gasteiger partial charge in [0.2, 0.25) is 0 Å². The fourth-order valence-corrected chi connectivity index (χ4v) is 2.84. The van der Waals surface area contributed by atoms with Crippen molar-refractivity contribution in [2.45, 2.75) is 38.8 Å². The van der Waals surface area contributed by atoms with Crippen LogP contribution in [-0.4, -0.2) is 23.1 Å². The van der Waals surface area contributed by atoms with E-state index in [-0.39, 0.29) is 12.1 Å². The van der Waals surface area contributed by atoms with Gasteiger partial charge in [0.05, 0.1) is 6.54 Å². The largest absolute Gasteiger partial charge is 0.444 e. The standard InChI is InChI=1S/C14H16BrF2NO2/c1-13(2,3)20-12(19)18-7-9-5-4-6-10(15)11(9)14(16,17)8-18/h4-6H,7-8H2,1-3H3. The lowest BCUT2D eigenvalue weighted by Gasteiger charge is -2.35. The molecule has 110 valence electrons. The highest BCUT2D eigenvalue weighted by Crippen LogP contribution is 2.41. The minimum Gasteiger partial charge on any atom is -0.444 e. The third kappa shape index (κ3) is 3.11. The maximum Gasteiger partial charge on any atom is 0.410 e. The first kappa shape index (κ1) is 15.2. The van der Waals surface area contributed by atoms with Crippen LogP contribution in [0.2, 0.25) is 0 Å². The molecular formula is C14H16BrF2NO2. The van der Waals surface area contributed by atoms with E-state index in [1.165, 1.54) is 0 Å². The second-order valence-electron chi connectivity index (χ2n) is 5.81. The summed E-state index contributed by atoms with van der Waals surface area (Å²) >= 11 is 3.15. The third-order valence-corrected chi connectivity index (χ3v) is 3.53. The van der Waals surface area contributed by atoms with Gasteiger partial charge in [-0.25, -0.2) is 4.79 Å². The summed E-state index contributed by atoms with van der Waals surface area (Å²) in [6, 6.07) is 4.86. The number of rotatable bonds is 0. The smallest absolute Gasteiger partial charge is 0.410 e. The Morgan fingerprint density at radius 2 is 2.05 bits per heavy atom. The molecule has 1 aliphatic rings. The van der Waals surface area contributed by atoms with Crippen molar-refractivity contribution in [2.75, 3.05) is 6.54 Å². The Morgan fingerprint density at radius 3 is 2.65 bits per heavy atom. The van der Waals surface area contributed by atoms with Crippen LogP contribution in [-0.2, 0) is 17.2 Å². The first-order valence-corrected chi connectivity index (χ1v) is 7.03. The molecule has 0 fully saturated rings. The fourth-order valence-electron chi connectivity index (χ4n) is 2.15. The van der Waals surface area contributed by atoms with Gasteiger partial charge in [0, 0.05) is 16.6 Å². The Hall–Kier alpha value is -1.17. The number of carbonyl (C=O) groups excluding carboxylic acids is 1. The topological polar surface area (TPSA) is 29.5 Å². The number of halogens is 3. The van der Waals surface area contributed by atoms with Gasteiger partial charge in [-0.3, -0.25) is 4.90 Å². The lowest BCUT2D eigenvalue weighted by atomic mass is 9.97. The molecule has 1 aromatic rings. The molecule has 1 aliphatic heterocycles. The normalized spacial score (nSPS) is 17.6. The number of benzene rings is 1. The van der Waals surface area contributed by atoms with Gasteiger partial charge in [-0.05, 0) is 32.4 Å². The van der Waals surface area contributed by atoms with Gasteiger partial charge in [-0.15, -0.1) is 0 Å². The summed E-state index contributed by atoms with van der Waals surface area (Å²) in [6.45, 7) is 4.57. The Bertz CT molecular complexity index is 540. The predicted molar refractivity (Wildman–Crippen MR) is 74.7 cm³/mol. The van der Waals surface area contributed by atoms with Crippen LogP contribution < -0.4 is 0 Å². The predicted octanol–water partition coefficient (Wildman–Crippen LogP) is 4.29. The van der Waals surface area contributed by atoms with Gasteiger partial charge in [0.1, 0.15) is 5.60 Å². The van der Waals surface area contributed by atoms with Gasteiger partial charge >= 0.3 is 6.09 Å². The Labute approximate surface area is 125 Å². The summed E-state index contributed by atoms with van der Waals surface area (Å²) in [6.07, 6.45) is -0.720. The highest BCUT2D eigenvalue weighted by atomic mass is 79.9. The van der Waals surface area contributed by atoms with E-state index in [4.69, 9.17) is 4.74 Å². The average Bonchev–Trinajstić information content (AvgIpc) is 2.24. The number of fused-ring (bicyclic) bond motifs is 1. The molecule has 1 aromatic carbocycles. The van der Waals surface area contributed by atoms with E-state index in [1.54, 1.807) is 39.0 Å². The monoisotopic (exact) mass is 347 g/mol. The van der Waals surface area contributed by atoms with Crippen molar-refractivity contribution in [1.29, 1.82) is 0 Å². The maximum atomic E-state index is 14.2. The molecule has 0 saturated heterocycles. The Balaban J connectivity index is 2.29. The number of alkyl halides is 2. The van der Waals surface area contributed by atoms with E-state index in [1.807, 2.05) is 0 Å². The van der Waals surface area contributed by atoms with Crippen molar-refractivity contribution in [1.82, 2.24) is 4.90 Å². The van der Waals surface area contributed by atoms with Crippen LogP contribution in [0.4, 0.5) is 13.6 Å². The summed E-state index contributed by atoms with van der Waals surface area (Å²) in [4.78, 5) is 13.0. The summed E-state index contributed by atoms with van der Waals surface area (Å²) < 4.78 is 34.0. The van der Waals surface area contributed by atoms with Crippen molar-refractivity contribution >= 4 is 22.0 Å². The zero-order valence-electron chi connectivity index (χ0n) is 11.5. The molecular weight excluding hydrogens is 332 g/mol. The van der Waals surface area contributed by atoms with Gasteiger partial charge in [0.25, 0.3) is 5.92 Å². The van der Waals surface area contributed by atoms with Gasteiger partial charge in [-0.2, -0.15) is 8.78 Å². The average molecular weight is 348 g/mol. The number of hydrogen-bond acceptors (Lipinski definition) is 2. The lowest BCUT2D eigenvalue weighted by Crippen LogP contribution is -2.46. The van der Waals surface area contributed by atoms with E-state index in [0.29, 0.717) is 10.0 Å². The third-order valence-electron chi connectivity index (χ3n) is 2.87. The molecule has 3 nitrogen and oxygen atoms in total. The SMILES string of the molecule is CC(C)(C)OC(=O)N1Cc2cccc(Br)c2C(F)(F)C1. The van der Waals surface area contributed by atoms with Crippen LogP contribution >= 0.6 is 15.9 Å². The molecule has 1 heterocycles. The molecule has 0 aliphatic carbocycles. The summed E-state index contributed by atoms with van der Waals surface area (Å²) in [7, 11) is 0. The number of carbonyl (C=O) groups is 1. The van der Waals surface area contributed by atoms with Crippen LogP contribution in [0.15, 0.2) is 22.7 Å². The highest BCUT2D eigenvalue weighted by molar-refractivity contribution is 9.10. The van der Waals surface area contributed by atoms with E-state index in [9.17, 15) is 13.6 Å². The second kappa shape index (κ2) is 4.98. The first-order chi connectivity index (χ1) is 9.10. The molecule has 6 heteroatoms.